The van der Waals surface area contributed by atoms with Crippen LogP contribution in [0.15, 0.2) is 30.6 Å². The van der Waals surface area contributed by atoms with Gasteiger partial charge < -0.3 is 5.32 Å². The zero-order valence-electron chi connectivity index (χ0n) is 10.4. The maximum absolute atomic E-state index is 4.09. The third-order valence-electron chi connectivity index (χ3n) is 3.36. The molecule has 0 unspecified atom stereocenters. The van der Waals surface area contributed by atoms with Gasteiger partial charge >= 0.3 is 0 Å². The van der Waals surface area contributed by atoms with Gasteiger partial charge in [-0.3, -0.25) is 5.10 Å². The summed E-state index contributed by atoms with van der Waals surface area (Å²) in [5, 5.41) is 10.1. The van der Waals surface area contributed by atoms with Crippen LogP contribution in [0.4, 0.5) is 0 Å². The Kier molecular flexibility index (Phi) is 3.37. The van der Waals surface area contributed by atoms with E-state index in [0.717, 1.165) is 31.3 Å². The van der Waals surface area contributed by atoms with Crippen molar-refractivity contribution in [3.8, 4) is 0 Å². The molecular weight excluding hydrogens is 224 g/mol. The predicted octanol–water partition coefficient (Wildman–Crippen LogP) is 2.01. The lowest BCUT2D eigenvalue weighted by Gasteiger charge is -2.05. The van der Waals surface area contributed by atoms with Gasteiger partial charge in [-0.15, -0.1) is 0 Å². The Morgan fingerprint density at radius 1 is 1.22 bits per heavy atom. The van der Waals surface area contributed by atoms with E-state index in [1.54, 1.807) is 6.33 Å². The number of nitrogens with zero attached hydrogens (tertiary/aromatic N) is 2. The van der Waals surface area contributed by atoms with Gasteiger partial charge in [-0.25, -0.2) is 4.98 Å². The highest BCUT2D eigenvalue weighted by Gasteiger charge is 2.22. The summed E-state index contributed by atoms with van der Waals surface area (Å²) in [6.07, 6.45) is 5.18. The fourth-order valence-electron chi connectivity index (χ4n) is 2.12. The summed E-state index contributed by atoms with van der Waals surface area (Å²) in [7, 11) is 0. The summed E-state index contributed by atoms with van der Waals surface area (Å²) in [5.74, 6) is 1.78. The molecule has 4 heteroatoms. The number of rotatable bonds is 6. The van der Waals surface area contributed by atoms with Crippen LogP contribution in [0.3, 0.4) is 0 Å². The van der Waals surface area contributed by atoms with Crippen LogP contribution in [0, 0.1) is 0 Å². The van der Waals surface area contributed by atoms with Crippen molar-refractivity contribution in [2.75, 3.05) is 6.54 Å². The summed E-state index contributed by atoms with van der Waals surface area (Å²) in [4.78, 5) is 4.09. The molecule has 0 aliphatic heterocycles. The normalized spacial score (nSPS) is 14.9. The first kappa shape index (κ1) is 11.4. The van der Waals surface area contributed by atoms with Crippen LogP contribution in [0.1, 0.15) is 35.7 Å². The van der Waals surface area contributed by atoms with Crippen LogP contribution in [-0.4, -0.2) is 21.7 Å². The van der Waals surface area contributed by atoms with Gasteiger partial charge in [0, 0.05) is 19.5 Å². The molecule has 18 heavy (non-hydrogen) atoms. The van der Waals surface area contributed by atoms with E-state index in [-0.39, 0.29) is 0 Å². The van der Waals surface area contributed by atoms with E-state index in [0.29, 0.717) is 0 Å². The summed E-state index contributed by atoms with van der Waals surface area (Å²) in [6, 6.07) is 9.00. The largest absolute Gasteiger partial charge is 0.312 e. The van der Waals surface area contributed by atoms with Gasteiger partial charge in [0.05, 0.1) is 0 Å². The maximum Gasteiger partial charge on any atom is 0.137 e. The van der Waals surface area contributed by atoms with Gasteiger partial charge in [0.1, 0.15) is 12.2 Å². The minimum Gasteiger partial charge on any atom is -0.312 e. The summed E-state index contributed by atoms with van der Waals surface area (Å²) in [5.41, 5.74) is 2.84. The van der Waals surface area contributed by atoms with E-state index < -0.39 is 0 Å². The van der Waals surface area contributed by atoms with Crippen molar-refractivity contribution in [3.63, 3.8) is 0 Å². The molecular formula is C14H18N4. The lowest BCUT2D eigenvalue weighted by Crippen LogP contribution is -2.17. The summed E-state index contributed by atoms with van der Waals surface area (Å²) < 4.78 is 0. The molecule has 1 saturated carbocycles. The van der Waals surface area contributed by atoms with Gasteiger partial charge in [-0.2, -0.15) is 5.10 Å². The molecule has 3 rings (SSSR count). The van der Waals surface area contributed by atoms with Crippen LogP contribution in [0.5, 0.6) is 0 Å². The first-order valence-corrected chi connectivity index (χ1v) is 6.55. The van der Waals surface area contributed by atoms with Crippen molar-refractivity contribution in [1.82, 2.24) is 20.5 Å². The minimum atomic E-state index is 0.846. The number of hydrogen-bond acceptors (Lipinski definition) is 3. The molecule has 0 saturated heterocycles. The SMILES string of the molecule is c1n[nH]c(CCNCc2ccc(C3CC3)cc2)n1. The second-order valence-electron chi connectivity index (χ2n) is 4.87. The highest BCUT2D eigenvalue weighted by atomic mass is 15.2. The van der Waals surface area contributed by atoms with Crippen molar-refractivity contribution < 1.29 is 0 Å². The fraction of sp³-hybridized carbons (Fsp3) is 0.429. The van der Waals surface area contributed by atoms with Gasteiger partial charge in [0.25, 0.3) is 0 Å². The molecule has 1 heterocycles. The van der Waals surface area contributed by atoms with Crippen molar-refractivity contribution in [3.05, 3.63) is 47.5 Å². The Morgan fingerprint density at radius 2 is 2.06 bits per heavy atom. The Morgan fingerprint density at radius 3 is 2.72 bits per heavy atom. The Bertz CT molecular complexity index is 471. The second-order valence-corrected chi connectivity index (χ2v) is 4.87. The summed E-state index contributed by atoms with van der Waals surface area (Å²) in [6.45, 7) is 1.83. The van der Waals surface area contributed by atoms with E-state index in [9.17, 15) is 0 Å². The molecule has 4 nitrogen and oxygen atoms in total. The molecule has 0 bridgehead atoms. The third-order valence-corrected chi connectivity index (χ3v) is 3.36. The van der Waals surface area contributed by atoms with Crippen LogP contribution in [0.2, 0.25) is 0 Å². The van der Waals surface area contributed by atoms with E-state index in [1.807, 2.05) is 0 Å². The highest BCUT2D eigenvalue weighted by Crippen LogP contribution is 2.39. The smallest absolute Gasteiger partial charge is 0.137 e. The molecule has 1 aliphatic rings. The van der Waals surface area contributed by atoms with Crippen molar-refractivity contribution in [2.24, 2.45) is 0 Å². The Labute approximate surface area is 107 Å². The number of hydrogen-bond donors (Lipinski definition) is 2. The minimum absolute atomic E-state index is 0.846. The Hall–Kier alpha value is -1.68. The van der Waals surface area contributed by atoms with E-state index >= 15 is 0 Å². The topological polar surface area (TPSA) is 53.6 Å². The van der Waals surface area contributed by atoms with Gasteiger partial charge in [0.2, 0.25) is 0 Å². The van der Waals surface area contributed by atoms with Crippen LogP contribution >= 0.6 is 0 Å². The van der Waals surface area contributed by atoms with Crippen molar-refractivity contribution >= 4 is 0 Å². The number of nitrogens with one attached hydrogen (secondary N) is 2. The van der Waals surface area contributed by atoms with Crippen molar-refractivity contribution in [2.45, 2.75) is 31.7 Å². The van der Waals surface area contributed by atoms with E-state index in [2.05, 4.69) is 44.8 Å². The molecule has 0 amide bonds. The monoisotopic (exact) mass is 242 g/mol. The maximum atomic E-state index is 4.09. The highest BCUT2D eigenvalue weighted by molar-refractivity contribution is 5.27. The lowest BCUT2D eigenvalue weighted by atomic mass is 10.1. The molecule has 1 aliphatic carbocycles. The quantitative estimate of drug-likeness (QED) is 0.762. The second kappa shape index (κ2) is 5.31. The first-order valence-electron chi connectivity index (χ1n) is 6.55. The van der Waals surface area contributed by atoms with Gasteiger partial charge in [-0.1, -0.05) is 24.3 Å². The van der Waals surface area contributed by atoms with Crippen molar-refractivity contribution in [1.29, 1.82) is 0 Å². The van der Waals surface area contributed by atoms with Crippen LogP contribution < -0.4 is 5.32 Å². The number of H-pyrrole nitrogens is 1. The molecule has 1 aromatic heterocycles. The third kappa shape index (κ3) is 2.96. The van der Waals surface area contributed by atoms with E-state index in [4.69, 9.17) is 0 Å². The molecule has 1 fully saturated rings. The molecule has 2 aromatic rings. The number of aromatic nitrogens is 3. The number of aromatic amines is 1. The number of benzene rings is 1. The van der Waals surface area contributed by atoms with Gasteiger partial charge in [-0.05, 0) is 29.9 Å². The summed E-state index contributed by atoms with van der Waals surface area (Å²) >= 11 is 0. The zero-order valence-corrected chi connectivity index (χ0v) is 10.4. The standard InChI is InChI=1S/C14H18N4/c1-3-12(13-5-6-13)4-2-11(1)9-15-8-7-14-16-10-17-18-14/h1-4,10,13,15H,5-9H2,(H,16,17,18). The molecule has 2 N–H and O–H groups in total. The average molecular weight is 242 g/mol. The zero-order chi connectivity index (χ0) is 12.2. The average Bonchev–Trinajstić information content (AvgIpc) is 3.13. The van der Waals surface area contributed by atoms with Crippen LogP contribution in [0.25, 0.3) is 0 Å². The fourth-order valence-corrected chi connectivity index (χ4v) is 2.12. The molecule has 0 atom stereocenters. The molecule has 0 radical (unpaired) electrons. The Balaban J connectivity index is 1.42. The first-order chi connectivity index (χ1) is 8.92. The molecule has 1 aromatic carbocycles. The molecule has 0 spiro atoms. The molecule has 94 valence electrons. The van der Waals surface area contributed by atoms with Gasteiger partial charge in [0.15, 0.2) is 0 Å². The predicted molar refractivity (Wildman–Crippen MR) is 70.2 cm³/mol. The lowest BCUT2D eigenvalue weighted by molar-refractivity contribution is 0.671. The van der Waals surface area contributed by atoms with E-state index in [1.165, 1.54) is 24.0 Å². The van der Waals surface area contributed by atoms with Crippen LogP contribution in [-0.2, 0) is 13.0 Å².